The van der Waals surface area contributed by atoms with Gasteiger partial charge in [0.2, 0.25) is 0 Å². The zero-order valence-electron chi connectivity index (χ0n) is 15.3. The van der Waals surface area contributed by atoms with Crippen LogP contribution < -0.4 is 15.0 Å². The van der Waals surface area contributed by atoms with Crippen molar-refractivity contribution in [1.29, 1.82) is 0 Å². The number of benzene rings is 2. The smallest absolute Gasteiger partial charge is 0.321 e. The first kappa shape index (κ1) is 17.1. The predicted octanol–water partition coefficient (Wildman–Crippen LogP) is 3.60. The van der Waals surface area contributed by atoms with Crippen LogP contribution in [0, 0.1) is 0 Å². The lowest BCUT2D eigenvalue weighted by molar-refractivity contribution is 0.208. The number of carbonyl (C=O) groups excluding carboxylic acids is 1. The van der Waals surface area contributed by atoms with Crippen LogP contribution in [-0.4, -0.2) is 49.2 Å². The van der Waals surface area contributed by atoms with E-state index in [0.29, 0.717) is 13.1 Å². The summed E-state index contributed by atoms with van der Waals surface area (Å²) in [6.45, 7) is 2.91. The molecule has 0 radical (unpaired) electrons. The molecular weight excluding hydrogens is 340 g/mol. The fraction of sp³-hybridized carbons (Fsp3) is 0.238. The van der Waals surface area contributed by atoms with Gasteiger partial charge in [-0.05, 0) is 36.4 Å². The molecule has 6 heteroatoms. The number of aromatic nitrogens is 1. The van der Waals surface area contributed by atoms with Gasteiger partial charge in [-0.3, -0.25) is 4.98 Å². The average Bonchev–Trinajstić information content (AvgIpc) is 2.74. The number of nitrogens with zero attached hydrogens (tertiary/aromatic N) is 3. The molecule has 0 spiro atoms. The molecule has 0 unspecified atom stereocenters. The molecule has 1 aliphatic rings. The van der Waals surface area contributed by atoms with Crippen LogP contribution in [0.4, 0.5) is 16.2 Å². The van der Waals surface area contributed by atoms with Crippen molar-refractivity contribution in [2.24, 2.45) is 0 Å². The zero-order valence-corrected chi connectivity index (χ0v) is 15.3. The van der Waals surface area contributed by atoms with Crippen molar-refractivity contribution in [2.45, 2.75) is 0 Å². The predicted molar refractivity (Wildman–Crippen MR) is 108 cm³/mol. The summed E-state index contributed by atoms with van der Waals surface area (Å²) < 4.78 is 5.14. The molecule has 6 nitrogen and oxygen atoms in total. The maximum absolute atomic E-state index is 12.5. The van der Waals surface area contributed by atoms with Gasteiger partial charge in [-0.15, -0.1) is 0 Å². The highest BCUT2D eigenvalue weighted by atomic mass is 16.5. The number of pyridine rings is 1. The molecule has 27 heavy (non-hydrogen) atoms. The number of carbonyl (C=O) groups is 1. The molecule has 0 atom stereocenters. The van der Waals surface area contributed by atoms with Crippen LogP contribution in [0.5, 0.6) is 5.75 Å². The number of hydrogen-bond donors (Lipinski definition) is 1. The van der Waals surface area contributed by atoms with E-state index in [-0.39, 0.29) is 6.03 Å². The number of methoxy groups -OCH3 is 1. The van der Waals surface area contributed by atoms with Gasteiger partial charge >= 0.3 is 6.03 Å². The van der Waals surface area contributed by atoms with E-state index in [1.54, 1.807) is 7.11 Å². The molecule has 0 saturated carbocycles. The number of ether oxygens (including phenoxy) is 1. The number of rotatable bonds is 3. The first-order valence-corrected chi connectivity index (χ1v) is 9.03. The summed E-state index contributed by atoms with van der Waals surface area (Å²) in [4.78, 5) is 21.2. The van der Waals surface area contributed by atoms with Crippen LogP contribution in [0.1, 0.15) is 0 Å². The fourth-order valence-corrected chi connectivity index (χ4v) is 3.37. The third kappa shape index (κ3) is 3.65. The standard InChI is InChI=1S/C21H22N4O2/c1-27-18-9-7-17(8-10-18)23-21(26)25-14-12-24(13-15-25)19-6-2-4-16-5-3-11-22-20(16)19/h2-11H,12-15H2,1H3,(H,23,26). The molecule has 0 aliphatic carbocycles. The number of piperazine rings is 1. The van der Waals surface area contributed by atoms with Crippen LogP contribution in [-0.2, 0) is 0 Å². The Morgan fingerprint density at radius 2 is 1.74 bits per heavy atom. The zero-order chi connectivity index (χ0) is 18.6. The number of fused-ring (bicyclic) bond motifs is 1. The molecule has 1 aromatic heterocycles. The van der Waals surface area contributed by atoms with Crippen molar-refractivity contribution in [3.8, 4) is 5.75 Å². The highest BCUT2D eigenvalue weighted by Crippen LogP contribution is 2.25. The van der Waals surface area contributed by atoms with Gasteiger partial charge in [0, 0.05) is 43.4 Å². The summed E-state index contributed by atoms with van der Waals surface area (Å²) in [6, 6.07) is 17.5. The average molecular weight is 362 g/mol. The Bertz CT molecular complexity index is 929. The van der Waals surface area contributed by atoms with Crippen molar-refractivity contribution in [3.05, 3.63) is 60.8 Å². The molecule has 1 saturated heterocycles. The number of anilines is 2. The number of para-hydroxylation sites is 1. The molecule has 0 bridgehead atoms. The summed E-state index contributed by atoms with van der Waals surface area (Å²) in [5.41, 5.74) is 2.90. The second kappa shape index (κ2) is 7.53. The molecule has 138 valence electrons. The monoisotopic (exact) mass is 362 g/mol. The molecule has 4 rings (SSSR count). The quantitative estimate of drug-likeness (QED) is 0.773. The molecule has 3 aromatic rings. The van der Waals surface area contributed by atoms with Crippen LogP contribution in [0.3, 0.4) is 0 Å². The molecule has 1 fully saturated rings. The van der Waals surface area contributed by atoms with E-state index < -0.39 is 0 Å². The SMILES string of the molecule is COc1ccc(NC(=O)N2CCN(c3cccc4cccnc34)CC2)cc1. The van der Waals surface area contributed by atoms with Gasteiger partial charge in [-0.2, -0.15) is 0 Å². The molecule has 2 heterocycles. The molecule has 2 aromatic carbocycles. The number of urea groups is 1. The Morgan fingerprint density at radius 3 is 2.48 bits per heavy atom. The van der Waals surface area contributed by atoms with E-state index in [1.807, 2.05) is 41.4 Å². The summed E-state index contributed by atoms with van der Waals surface area (Å²) in [5, 5.41) is 4.08. The lowest BCUT2D eigenvalue weighted by Crippen LogP contribution is -2.50. The Labute approximate surface area is 158 Å². The van der Waals surface area contributed by atoms with Crippen molar-refractivity contribution < 1.29 is 9.53 Å². The largest absolute Gasteiger partial charge is 0.497 e. The van der Waals surface area contributed by atoms with E-state index >= 15 is 0 Å². The van der Waals surface area contributed by atoms with Crippen LogP contribution in [0.2, 0.25) is 0 Å². The van der Waals surface area contributed by atoms with Crippen molar-refractivity contribution in [3.63, 3.8) is 0 Å². The summed E-state index contributed by atoms with van der Waals surface area (Å²) in [7, 11) is 1.62. The lowest BCUT2D eigenvalue weighted by Gasteiger charge is -2.36. The van der Waals surface area contributed by atoms with Gasteiger partial charge in [-0.1, -0.05) is 18.2 Å². The van der Waals surface area contributed by atoms with Gasteiger partial charge in [0.25, 0.3) is 0 Å². The second-order valence-electron chi connectivity index (χ2n) is 6.49. The third-order valence-electron chi connectivity index (χ3n) is 4.86. The topological polar surface area (TPSA) is 57.7 Å². The van der Waals surface area contributed by atoms with Crippen LogP contribution in [0.15, 0.2) is 60.8 Å². The van der Waals surface area contributed by atoms with E-state index in [1.165, 1.54) is 0 Å². The molecule has 1 N–H and O–H groups in total. The maximum Gasteiger partial charge on any atom is 0.321 e. The van der Waals surface area contributed by atoms with E-state index in [0.717, 1.165) is 41.1 Å². The normalized spacial score (nSPS) is 14.3. The third-order valence-corrected chi connectivity index (χ3v) is 4.86. The van der Waals surface area contributed by atoms with Crippen molar-refractivity contribution in [2.75, 3.05) is 43.5 Å². The van der Waals surface area contributed by atoms with Gasteiger partial charge in [-0.25, -0.2) is 4.79 Å². The minimum Gasteiger partial charge on any atom is -0.497 e. The minimum atomic E-state index is -0.0733. The molecule has 2 amide bonds. The van der Waals surface area contributed by atoms with Gasteiger partial charge < -0.3 is 19.9 Å². The maximum atomic E-state index is 12.5. The lowest BCUT2D eigenvalue weighted by atomic mass is 10.1. The highest BCUT2D eigenvalue weighted by molar-refractivity contribution is 5.91. The first-order valence-electron chi connectivity index (χ1n) is 9.03. The van der Waals surface area contributed by atoms with Gasteiger partial charge in [0.05, 0.1) is 18.3 Å². The number of hydrogen-bond acceptors (Lipinski definition) is 4. The first-order chi connectivity index (χ1) is 13.2. The van der Waals surface area contributed by atoms with E-state index in [4.69, 9.17) is 4.74 Å². The van der Waals surface area contributed by atoms with E-state index in [2.05, 4.69) is 39.5 Å². The van der Waals surface area contributed by atoms with Crippen LogP contribution >= 0.6 is 0 Å². The Morgan fingerprint density at radius 1 is 1.00 bits per heavy atom. The summed E-state index contributed by atoms with van der Waals surface area (Å²) in [6.07, 6.45) is 1.82. The highest BCUT2D eigenvalue weighted by Gasteiger charge is 2.22. The van der Waals surface area contributed by atoms with Gasteiger partial charge in [0.1, 0.15) is 5.75 Å². The Kier molecular flexibility index (Phi) is 4.78. The Hall–Kier alpha value is -3.28. The van der Waals surface area contributed by atoms with Crippen molar-refractivity contribution in [1.82, 2.24) is 9.88 Å². The summed E-state index contributed by atoms with van der Waals surface area (Å²) in [5.74, 6) is 0.769. The number of nitrogens with one attached hydrogen (secondary N) is 1. The molecular formula is C21H22N4O2. The second-order valence-corrected chi connectivity index (χ2v) is 6.49. The van der Waals surface area contributed by atoms with Gasteiger partial charge in [0.15, 0.2) is 0 Å². The summed E-state index contributed by atoms with van der Waals surface area (Å²) >= 11 is 0. The Balaban J connectivity index is 1.40. The molecule has 1 aliphatic heterocycles. The minimum absolute atomic E-state index is 0.0733. The van der Waals surface area contributed by atoms with E-state index in [9.17, 15) is 4.79 Å². The number of amides is 2. The van der Waals surface area contributed by atoms with Crippen molar-refractivity contribution >= 4 is 28.3 Å². The van der Waals surface area contributed by atoms with Crippen LogP contribution in [0.25, 0.3) is 10.9 Å². The fourth-order valence-electron chi connectivity index (χ4n) is 3.37.